The van der Waals surface area contributed by atoms with Crippen molar-refractivity contribution >= 4 is 17.3 Å². The molecule has 0 unspecified atom stereocenters. The van der Waals surface area contributed by atoms with Crippen LogP contribution >= 0.6 is 0 Å². The smallest absolute Gasteiger partial charge is 0.366 e. The highest BCUT2D eigenvalue weighted by atomic mass is 19.4. The molecule has 0 atom stereocenters. The van der Waals surface area contributed by atoms with E-state index in [0.717, 1.165) is 23.3 Å². The van der Waals surface area contributed by atoms with E-state index in [2.05, 4.69) is 0 Å². The van der Waals surface area contributed by atoms with Gasteiger partial charge >= 0.3 is 6.18 Å². The van der Waals surface area contributed by atoms with Gasteiger partial charge in [-0.1, -0.05) is 29.8 Å². The Morgan fingerprint density at radius 2 is 1.77 bits per heavy atom. The maximum Gasteiger partial charge on any atom is 0.416 e. The second-order valence-electron chi connectivity index (χ2n) is 7.90. The number of hydrogen-bond acceptors (Lipinski definition) is 4. The lowest BCUT2D eigenvalue weighted by molar-refractivity contribution is -0.384. The van der Waals surface area contributed by atoms with Gasteiger partial charge in [-0.05, 0) is 37.5 Å². The first-order valence-electron chi connectivity index (χ1n) is 9.97. The number of carbonyl (C=O) groups is 1. The van der Waals surface area contributed by atoms with Crippen LogP contribution in [0.2, 0.25) is 0 Å². The van der Waals surface area contributed by atoms with E-state index in [1.165, 1.54) is 0 Å². The maximum absolute atomic E-state index is 12.9. The summed E-state index contributed by atoms with van der Waals surface area (Å²) in [6.07, 6.45) is -3.69. The summed E-state index contributed by atoms with van der Waals surface area (Å²) in [5.41, 5.74) is 0.695. The molecule has 6 nitrogen and oxygen atoms in total. The summed E-state index contributed by atoms with van der Waals surface area (Å²) in [7, 11) is 1.75. The van der Waals surface area contributed by atoms with Crippen LogP contribution in [0.3, 0.4) is 0 Å². The summed E-state index contributed by atoms with van der Waals surface area (Å²) in [6.45, 7) is 3.21. The molecular weight excluding hydrogens is 411 g/mol. The standard InChI is InChI=1S/C22H24F3N3O3/c1-15-3-5-16(6-4-15)14-26(2)21(29)17-9-11-27(12-10-17)19-8-7-18(22(23,24)25)13-20(19)28(30)31/h3-8,13,17H,9-12,14H2,1-2H3. The zero-order valence-corrected chi connectivity index (χ0v) is 17.4. The van der Waals surface area contributed by atoms with E-state index >= 15 is 0 Å². The average Bonchev–Trinajstić information content (AvgIpc) is 2.73. The molecule has 2 aromatic carbocycles. The van der Waals surface area contributed by atoms with Gasteiger partial charge in [-0.3, -0.25) is 14.9 Å². The highest BCUT2D eigenvalue weighted by Gasteiger charge is 2.35. The molecule has 1 aliphatic heterocycles. The third-order valence-corrected chi connectivity index (χ3v) is 5.60. The van der Waals surface area contributed by atoms with Crippen LogP contribution in [0.25, 0.3) is 0 Å². The van der Waals surface area contributed by atoms with Gasteiger partial charge in [0.15, 0.2) is 0 Å². The number of hydrogen-bond donors (Lipinski definition) is 0. The van der Waals surface area contributed by atoms with Crippen LogP contribution in [0.1, 0.15) is 29.5 Å². The maximum atomic E-state index is 12.9. The molecule has 0 bridgehead atoms. The Kier molecular flexibility index (Phi) is 6.52. The fourth-order valence-corrected chi connectivity index (χ4v) is 3.84. The van der Waals surface area contributed by atoms with Crippen LogP contribution < -0.4 is 4.90 Å². The fourth-order valence-electron chi connectivity index (χ4n) is 3.84. The van der Waals surface area contributed by atoms with E-state index in [1.54, 1.807) is 16.8 Å². The molecule has 1 fully saturated rings. The van der Waals surface area contributed by atoms with E-state index in [1.807, 2.05) is 31.2 Å². The number of nitrogens with zero attached hydrogens (tertiary/aromatic N) is 3. The first kappa shape index (κ1) is 22.6. The van der Waals surface area contributed by atoms with Crippen LogP contribution in [0, 0.1) is 23.0 Å². The molecule has 3 rings (SSSR count). The lowest BCUT2D eigenvalue weighted by Gasteiger charge is -2.34. The van der Waals surface area contributed by atoms with E-state index in [0.29, 0.717) is 38.5 Å². The Morgan fingerprint density at radius 1 is 1.16 bits per heavy atom. The number of aryl methyl sites for hydroxylation is 1. The van der Waals surface area contributed by atoms with Gasteiger partial charge in [0.25, 0.3) is 5.69 Å². The van der Waals surface area contributed by atoms with Crippen LogP contribution in [-0.4, -0.2) is 35.9 Å². The van der Waals surface area contributed by atoms with Crippen molar-refractivity contribution in [1.82, 2.24) is 4.90 Å². The minimum absolute atomic E-state index is 0.00199. The molecule has 0 spiro atoms. The Bertz CT molecular complexity index is 953. The molecule has 1 amide bonds. The minimum atomic E-state index is -4.65. The number of benzene rings is 2. The summed E-state index contributed by atoms with van der Waals surface area (Å²) in [5.74, 6) is -0.220. The van der Waals surface area contributed by atoms with Crippen molar-refractivity contribution in [3.05, 3.63) is 69.3 Å². The quantitative estimate of drug-likeness (QED) is 0.500. The zero-order chi connectivity index (χ0) is 22.8. The van der Waals surface area contributed by atoms with Gasteiger partial charge in [0, 0.05) is 38.7 Å². The van der Waals surface area contributed by atoms with E-state index < -0.39 is 22.4 Å². The largest absolute Gasteiger partial charge is 0.416 e. The average molecular weight is 435 g/mol. The number of piperidine rings is 1. The first-order valence-corrected chi connectivity index (χ1v) is 9.97. The summed E-state index contributed by atoms with van der Waals surface area (Å²) in [4.78, 5) is 26.7. The second kappa shape index (κ2) is 8.95. The normalized spacial score (nSPS) is 15.1. The van der Waals surface area contributed by atoms with E-state index in [9.17, 15) is 28.1 Å². The summed E-state index contributed by atoms with van der Waals surface area (Å²) in [6, 6.07) is 10.5. The summed E-state index contributed by atoms with van der Waals surface area (Å²) >= 11 is 0. The van der Waals surface area contributed by atoms with Crippen molar-refractivity contribution in [1.29, 1.82) is 0 Å². The Labute approximate surface area is 178 Å². The number of nitro benzene ring substituents is 1. The third-order valence-electron chi connectivity index (χ3n) is 5.60. The van der Waals surface area contributed by atoms with Gasteiger partial charge in [-0.15, -0.1) is 0 Å². The Morgan fingerprint density at radius 3 is 2.32 bits per heavy atom. The van der Waals surface area contributed by atoms with Crippen molar-refractivity contribution in [2.24, 2.45) is 5.92 Å². The number of carbonyl (C=O) groups excluding carboxylic acids is 1. The molecule has 0 saturated carbocycles. The van der Waals surface area contributed by atoms with Crippen LogP contribution in [0.5, 0.6) is 0 Å². The molecule has 0 radical (unpaired) electrons. The van der Waals surface area contributed by atoms with Gasteiger partial charge in [0.05, 0.1) is 10.5 Å². The highest BCUT2D eigenvalue weighted by Crippen LogP contribution is 2.37. The van der Waals surface area contributed by atoms with Crippen molar-refractivity contribution in [3.8, 4) is 0 Å². The molecule has 31 heavy (non-hydrogen) atoms. The predicted octanol–water partition coefficient (Wildman–Crippen LogP) is 4.80. The monoisotopic (exact) mass is 435 g/mol. The van der Waals surface area contributed by atoms with Gasteiger partial charge in [-0.25, -0.2) is 0 Å². The van der Waals surface area contributed by atoms with Crippen molar-refractivity contribution in [3.63, 3.8) is 0 Å². The fraction of sp³-hybridized carbons (Fsp3) is 0.409. The first-order chi connectivity index (χ1) is 14.6. The molecule has 0 aliphatic carbocycles. The summed E-state index contributed by atoms with van der Waals surface area (Å²) < 4.78 is 38.8. The predicted molar refractivity (Wildman–Crippen MR) is 111 cm³/mol. The van der Waals surface area contributed by atoms with E-state index in [-0.39, 0.29) is 17.5 Å². The second-order valence-corrected chi connectivity index (χ2v) is 7.90. The lowest BCUT2D eigenvalue weighted by atomic mass is 9.94. The highest BCUT2D eigenvalue weighted by molar-refractivity contribution is 5.79. The van der Waals surface area contributed by atoms with Gasteiger partial charge < -0.3 is 9.80 Å². The molecule has 1 heterocycles. The third kappa shape index (κ3) is 5.34. The van der Waals surface area contributed by atoms with Crippen molar-refractivity contribution < 1.29 is 22.9 Å². The molecular formula is C22H24F3N3O3. The molecule has 0 N–H and O–H groups in total. The zero-order valence-electron chi connectivity index (χ0n) is 17.4. The van der Waals surface area contributed by atoms with Crippen LogP contribution in [-0.2, 0) is 17.5 Å². The number of rotatable bonds is 5. The van der Waals surface area contributed by atoms with Gasteiger partial charge in [0.2, 0.25) is 5.91 Å². The number of nitro groups is 1. The topological polar surface area (TPSA) is 66.7 Å². The van der Waals surface area contributed by atoms with Crippen molar-refractivity contribution in [2.75, 3.05) is 25.0 Å². The molecule has 166 valence electrons. The minimum Gasteiger partial charge on any atom is -0.366 e. The Balaban J connectivity index is 1.65. The molecule has 1 saturated heterocycles. The molecule has 9 heteroatoms. The summed E-state index contributed by atoms with van der Waals surface area (Å²) in [5, 5.41) is 11.4. The number of amides is 1. The van der Waals surface area contributed by atoms with Gasteiger partial charge in [0.1, 0.15) is 5.69 Å². The SMILES string of the molecule is Cc1ccc(CN(C)C(=O)C2CCN(c3ccc(C(F)(F)F)cc3[N+](=O)[O-])CC2)cc1. The number of anilines is 1. The molecule has 1 aliphatic rings. The van der Waals surface area contributed by atoms with Crippen LogP contribution in [0.15, 0.2) is 42.5 Å². The van der Waals surface area contributed by atoms with Crippen molar-refractivity contribution in [2.45, 2.75) is 32.5 Å². The number of halogens is 3. The molecule has 2 aromatic rings. The molecule has 0 aromatic heterocycles. The number of alkyl halides is 3. The lowest BCUT2D eigenvalue weighted by Crippen LogP contribution is -2.41. The van der Waals surface area contributed by atoms with E-state index in [4.69, 9.17) is 0 Å². The van der Waals surface area contributed by atoms with Gasteiger partial charge in [-0.2, -0.15) is 13.2 Å². The van der Waals surface area contributed by atoms with Crippen LogP contribution in [0.4, 0.5) is 24.5 Å². The Hall–Kier alpha value is -3.10.